The lowest BCUT2D eigenvalue weighted by molar-refractivity contribution is 0.0932. The van der Waals surface area contributed by atoms with E-state index in [0.29, 0.717) is 5.69 Å². The van der Waals surface area contributed by atoms with Crippen LogP contribution in [-0.2, 0) is 6.54 Å². The van der Waals surface area contributed by atoms with Crippen LogP contribution in [0.4, 0.5) is 0 Å². The molecule has 23 heavy (non-hydrogen) atoms. The van der Waals surface area contributed by atoms with Gasteiger partial charge in [-0.25, -0.2) is 4.98 Å². The first-order chi connectivity index (χ1) is 11.2. The summed E-state index contributed by atoms with van der Waals surface area (Å²) >= 11 is 0. The summed E-state index contributed by atoms with van der Waals surface area (Å²) in [4.78, 5) is 21.1. The number of fused-ring (bicyclic) bond motifs is 1. The van der Waals surface area contributed by atoms with Crippen LogP contribution in [0.1, 0.15) is 42.6 Å². The maximum atomic E-state index is 12.3. The summed E-state index contributed by atoms with van der Waals surface area (Å²) in [5, 5.41) is 2.99. The van der Waals surface area contributed by atoms with E-state index in [-0.39, 0.29) is 11.9 Å². The molecule has 0 aliphatic rings. The highest BCUT2D eigenvalue weighted by Gasteiger charge is 2.18. The zero-order valence-corrected chi connectivity index (χ0v) is 13.4. The van der Waals surface area contributed by atoms with Gasteiger partial charge in [-0.3, -0.25) is 9.78 Å². The molecule has 118 valence electrons. The summed E-state index contributed by atoms with van der Waals surface area (Å²) in [5.41, 5.74) is 2.47. The van der Waals surface area contributed by atoms with Crippen LogP contribution >= 0.6 is 0 Å². The second kappa shape index (κ2) is 6.60. The van der Waals surface area contributed by atoms with Crippen molar-refractivity contribution in [3.05, 3.63) is 60.2 Å². The van der Waals surface area contributed by atoms with Crippen LogP contribution in [0, 0.1) is 0 Å². The highest BCUT2D eigenvalue weighted by molar-refractivity contribution is 5.92. The van der Waals surface area contributed by atoms with Gasteiger partial charge in [0.2, 0.25) is 0 Å². The van der Waals surface area contributed by atoms with Gasteiger partial charge in [0.1, 0.15) is 11.5 Å². The fourth-order valence-electron chi connectivity index (χ4n) is 2.72. The second-order valence-corrected chi connectivity index (χ2v) is 5.52. The van der Waals surface area contributed by atoms with E-state index in [2.05, 4.69) is 27.9 Å². The fraction of sp³-hybridized carbons (Fsp3) is 0.278. The summed E-state index contributed by atoms with van der Waals surface area (Å²) in [7, 11) is 0. The van der Waals surface area contributed by atoms with E-state index in [9.17, 15) is 4.79 Å². The number of aryl methyl sites for hydroxylation is 1. The molecule has 0 aliphatic heterocycles. The van der Waals surface area contributed by atoms with Crippen molar-refractivity contribution in [2.75, 3.05) is 0 Å². The van der Waals surface area contributed by atoms with Crippen molar-refractivity contribution in [1.82, 2.24) is 19.9 Å². The molecule has 3 rings (SSSR count). The number of nitrogens with zero attached hydrogens (tertiary/aromatic N) is 3. The van der Waals surface area contributed by atoms with Gasteiger partial charge in [-0.15, -0.1) is 0 Å². The summed E-state index contributed by atoms with van der Waals surface area (Å²) in [6.45, 7) is 4.96. The van der Waals surface area contributed by atoms with Crippen LogP contribution in [0.15, 0.2) is 48.7 Å². The second-order valence-electron chi connectivity index (χ2n) is 5.52. The molecule has 0 saturated heterocycles. The number of para-hydroxylation sites is 2. The number of hydrogen-bond acceptors (Lipinski definition) is 3. The fourth-order valence-corrected chi connectivity index (χ4v) is 2.72. The molecule has 2 aromatic heterocycles. The number of rotatable bonds is 5. The smallest absolute Gasteiger partial charge is 0.270 e. The first-order valence-corrected chi connectivity index (χ1v) is 7.87. The first-order valence-electron chi connectivity index (χ1n) is 7.87. The highest BCUT2D eigenvalue weighted by atomic mass is 16.1. The van der Waals surface area contributed by atoms with Gasteiger partial charge in [0.25, 0.3) is 5.91 Å². The van der Waals surface area contributed by atoms with E-state index >= 15 is 0 Å². The third kappa shape index (κ3) is 3.08. The van der Waals surface area contributed by atoms with Gasteiger partial charge in [-0.1, -0.05) is 25.1 Å². The Morgan fingerprint density at radius 2 is 2.00 bits per heavy atom. The van der Waals surface area contributed by atoms with Crippen LogP contribution in [0.25, 0.3) is 11.0 Å². The molecular weight excluding hydrogens is 288 g/mol. The normalized spacial score (nSPS) is 12.3. The summed E-state index contributed by atoms with van der Waals surface area (Å²) in [6.07, 6.45) is 2.63. The topological polar surface area (TPSA) is 59.8 Å². The number of carbonyl (C=O) groups excluding carboxylic acids is 1. The minimum atomic E-state index is -0.191. The van der Waals surface area contributed by atoms with Gasteiger partial charge >= 0.3 is 0 Å². The first kappa shape index (κ1) is 15.2. The number of imidazole rings is 1. The largest absolute Gasteiger partial charge is 0.341 e. The van der Waals surface area contributed by atoms with Gasteiger partial charge in [0.15, 0.2) is 0 Å². The standard InChI is InChI=1S/C18H20N4O/c1-3-12-22-16-10-5-4-8-14(16)21-17(22)13(2)20-18(23)15-9-6-7-11-19-15/h4-11,13H,3,12H2,1-2H3,(H,20,23). The van der Waals surface area contributed by atoms with Crippen LogP contribution in [0.5, 0.6) is 0 Å². The third-order valence-electron chi connectivity index (χ3n) is 3.76. The molecule has 3 aromatic rings. The van der Waals surface area contributed by atoms with Crippen molar-refractivity contribution in [1.29, 1.82) is 0 Å². The molecule has 5 heteroatoms. The molecule has 1 N–H and O–H groups in total. The van der Waals surface area contributed by atoms with Crippen molar-refractivity contribution in [3.8, 4) is 0 Å². The minimum Gasteiger partial charge on any atom is -0.341 e. The zero-order chi connectivity index (χ0) is 16.2. The SMILES string of the molecule is CCCn1c(C(C)NC(=O)c2ccccn2)nc2ccccc21. The van der Waals surface area contributed by atoms with Crippen LogP contribution in [0.2, 0.25) is 0 Å². The number of carbonyl (C=O) groups is 1. The van der Waals surface area contributed by atoms with E-state index in [1.807, 2.05) is 25.1 Å². The molecule has 1 unspecified atom stereocenters. The lowest BCUT2D eigenvalue weighted by Gasteiger charge is -2.15. The van der Waals surface area contributed by atoms with Crippen LogP contribution in [-0.4, -0.2) is 20.4 Å². The van der Waals surface area contributed by atoms with Crippen molar-refractivity contribution >= 4 is 16.9 Å². The average molecular weight is 308 g/mol. The maximum absolute atomic E-state index is 12.3. The Morgan fingerprint density at radius 3 is 2.74 bits per heavy atom. The van der Waals surface area contributed by atoms with Gasteiger partial charge < -0.3 is 9.88 Å². The molecule has 0 bridgehead atoms. The summed E-state index contributed by atoms with van der Waals surface area (Å²) in [6, 6.07) is 13.2. The molecule has 0 spiro atoms. The van der Waals surface area contributed by atoms with Crippen molar-refractivity contribution in [2.24, 2.45) is 0 Å². The number of amides is 1. The van der Waals surface area contributed by atoms with Crippen molar-refractivity contribution in [2.45, 2.75) is 32.9 Å². The summed E-state index contributed by atoms with van der Waals surface area (Å²) in [5.74, 6) is 0.686. The van der Waals surface area contributed by atoms with Gasteiger partial charge in [0.05, 0.1) is 17.1 Å². The lowest BCUT2D eigenvalue weighted by Crippen LogP contribution is -2.29. The maximum Gasteiger partial charge on any atom is 0.270 e. The molecule has 1 amide bonds. The number of benzene rings is 1. The zero-order valence-electron chi connectivity index (χ0n) is 13.4. The number of hydrogen-bond donors (Lipinski definition) is 1. The van der Waals surface area contributed by atoms with E-state index in [1.54, 1.807) is 24.4 Å². The Kier molecular flexibility index (Phi) is 4.37. The summed E-state index contributed by atoms with van der Waals surface area (Å²) < 4.78 is 2.18. The molecule has 2 heterocycles. The molecular formula is C18H20N4O. The molecule has 0 aliphatic carbocycles. The number of aromatic nitrogens is 3. The number of nitrogens with one attached hydrogen (secondary N) is 1. The molecule has 0 radical (unpaired) electrons. The van der Waals surface area contributed by atoms with E-state index < -0.39 is 0 Å². The van der Waals surface area contributed by atoms with Gasteiger partial charge in [0, 0.05) is 12.7 Å². The number of pyridine rings is 1. The minimum absolute atomic E-state index is 0.187. The molecule has 0 saturated carbocycles. The van der Waals surface area contributed by atoms with E-state index in [4.69, 9.17) is 4.98 Å². The Balaban J connectivity index is 1.90. The quantitative estimate of drug-likeness (QED) is 0.786. The Bertz CT molecular complexity index is 810. The third-order valence-corrected chi connectivity index (χ3v) is 3.76. The Labute approximate surface area is 135 Å². The molecule has 5 nitrogen and oxygen atoms in total. The highest BCUT2D eigenvalue weighted by Crippen LogP contribution is 2.21. The van der Waals surface area contributed by atoms with Gasteiger partial charge in [-0.05, 0) is 37.6 Å². The Hall–Kier alpha value is -2.69. The lowest BCUT2D eigenvalue weighted by atomic mass is 10.2. The Morgan fingerprint density at radius 1 is 1.22 bits per heavy atom. The predicted octanol–water partition coefficient (Wildman–Crippen LogP) is 3.33. The predicted molar refractivity (Wildman–Crippen MR) is 90.1 cm³/mol. The van der Waals surface area contributed by atoms with Crippen LogP contribution < -0.4 is 5.32 Å². The molecule has 1 atom stereocenters. The molecule has 0 fully saturated rings. The van der Waals surface area contributed by atoms with E-state index in [0.717, 1.165) is 29.8 Å². The van der Waals surface area contributed by atoms with Crippen molar-refractivity contribution in [3.63, 3.8) is 0 Å². The van der Waals surface area contributed by atoms with Crippen LogP contribution in [0.3, 0.4) is 0 Å². The molecule has 1 aromatic carbocycles. The van der Waals surface area contributed by atoms with Crippen molar-refractivity contribution < 1.29 is 4.79 Å². The van der Waals surface area contributed by atoms with Gasteiger partial charge in [-0.2, -0.15) is 0 Å². The monoisotopic (exact) mass is 308 g/mol. The average Bonchev–Trinajstić information content (AvgIpc) is 2.95. The van der Waals surface area contributed by atoms with E-state index in [1.165, 1.54) is 0 Å².